The van der Waals surface area contributed by atoms with Crippen molar-refractivity contribution in [3.8, 4) is 11.5 Å². The Labute approximate surface area is 191 Å². The third kappa shape index (κ3) is 5.31. The molecule has 1 saturated heterocycles. The minimum atomic E-state index is -0.682. The number of nitrogens with two attached hydrogens (primary N) is 1. The molecule has 0 radical (unpaired) electrons. The summed E-state index contributed by atoms with van der Waals surface area (Å²) in [6.07, 6.45) is -0.0366. The van der Waals surface area contributed by atoms with Gasteiger partial charge >= 0.3 is 0 Å². The van der Waals surface area contributed by atoms with Crippen molar-refractivity contribution in [3.05, 3.63) is 59.7 Å². The smallest absolute Gasteiger partial charge is 0.257 e. The van der Waals surface area contributed by atoms with Crippen LogP contribution in [0.4, 0.5) is 8.78 Å². The zero-order valence-electron chi connectivity index (χ0n) is 17.5. The largest absolute Gasteiger partial charge is 0.491 e. The molecular formula is C23H27ClF2N2O4. The van der Waals surface area contributed by atoms with Crippen LogP contribution in [0.5, 0.6) is 11.5 Å². The van der Waals surface area contributed by atoms with Crippen LogP contribution in [0.15, 0.2) is 42.5 Å². The highest BCUT2D eigenvalue weighted by Gasteiger charge is 2.44. The van der Waals surface area contributed by atoms with E-state index in [2.05, 4.69) is 0 Å². The van der Waals surface area contributed by atoms with E-state index in [1.54, 1.807) is 4.90 Å². The predicted octanol–water partition coefficient (Wildman–Crippen LogP) is 3.01. The monoisotopic (exact) mass is 468 g/mol. The molecule has 2 aromatic carbocycles. The molecule has 2 aliphatic rings. The van der Waals surface area contributed by atoms with Gasteiger partial charge in [-0.1, -0.05) is 0 Å². The molecule has 4 rings (SSSR count). The molecule has 2 aromatic rings. The van der Waals surface area contributed by atoms with E-state index in [9.17, 15) is 18.7 Å². The first-order valence-corrected chi connectivity index (χ1v) is 10.5. The maximum Gasteiger partial charge on any atom is 0.257 e. The molecule has 0 bridgehead atoms. The van der Waals surface area contributed by atoms with Gasteiger partial charge in [0.15, 0.2) is 0 Å². The Balaban J connectivity index is 0.00000289. The number of hydrogen-bond donors (Lipinski definition) is 2. The van der Waals surface area contributed by atoms with E-state index >= 15 is 0 Å². The summed E-state index contributed by atoms with van der Waals surface area (Å²) in [5.41, 5.74) is 5.65. The van der Waals surface area contributed by atoms with Crippen molar-refractivity contribution >= 4 is 18.3 Å². The number of nitrogens with zero attached hydrogens (tertiary/aromatic N) is 1. The second-order valence-electron chi connectivity index (χ2n) is 8.16. The molecule has 1 heterocycles. The molecule has 2 fully saturated rings. The van der Waals surface area contributed by atoms with Crippen LogP contribution in [-0.4, -0.2) is 54.4 Å². The van der Waals surface area contributed by atoms with E-state index in [0.29, 0.717) is 37.4 Å². The van der Waals surface area contributed by atoms with E-state index in [1.165, 1.54) is 42.5 Å². The average molecular weight is 469 g/mol. The lowest BCUT2D eigenvalue weighted by atomic mass is 9.78. The first kappa shape index (κ1) is 24.2. The van der Waals surface area contributed by atoms with Gasteiger partial charge in [-0.2, -0.15) is 0 Å². The summed E-state index contributed by atoms with van der Waals surface area (Å²) >= 11 is 0. The number of hydrogen-bond acceptors (Lipinski definition) is 5. The highest BCUT2D eigenvalue weighted by molar-refractivity contribution is 5.97. The summed E-state index contributed by atoms with van der Waals surface area (Å²) in [6, 6.07) is 9.57. The number of carbonyl (C=O) groups excluding carboxylic acids is 1. The fourth-order valence-electron chi connectivity index (χ4n) is 4.51. The predicted molar refractivity (Wildman–Crippen MR) is 117 cm³/mol. The number of carbonyl (C=O) groups is 1. The molecule has 3 N–H and O–H groups in total. The number of halogens is 3. The summed E-state index contributed by atoms with van der Waals surface area (Å²) in [5, 5.41) is 10.6. The van der Waals surface area contributed by atoms with Crippen LogP contribution in [0, 0.1) is 23.5 Å². The third-order valence-electron chi connectivity index (χ3n) is 6.02. The number of amides is 1. The summed E-state index contributed by atoms with van der Waals surface area (Å²) in [7, 11) is 0. The van der Waals surface area contributed by atoms with Crippen molar-refractivity contribution in [2.24, 2.45) is 17.6 Å². The maximum atomic E-state index is 13.8. The van der Waals surface area contributed by atoms with Crippen molar-refractivity contribution in [2.75, 3.05) is 26.2 Å². The third-order valence-corrected chi connectivity index (χ3v) is 6.02. The average Bonchev–Trinajstić information content (AvgIpc) is 3.16. The van der Waals surface area contributed by atoms with E-state index in [-0.39, 0.29) is 54.7 Å². The van der Waals surface area contributed by atoms with Crippen LogP contribution < -0.4 is 15.2 Å². The van der Waals surface area contributed by atoms with Gasteiger partial charge in [0.1, 0.15) is 35.8 Å². The van der Waals surface area contributed by atoms with Gasteiger partial charge in [0.05, 0.1) is 11.7 Å². The van der Waals surface area contributed by atoms with Crippen LogP contribution in [0.25, 0.3) is 0 Å². The van der Waals surface area contributed by atoms with Crippen molar-refractivity contribution in [3.63, 3.8) is 0 Å². The second kappa shape index (κ2) is 10.5. The first-order valence-electron chi connectivity index (χ1n) is 10.5. The molecule has 32 heavy (non-hydrogen) atoms. The Kier molecular flexibility index (Phi) is 7.92. The minimum absolute atomic E-state index is 0. The SMILES string of the molecule is Cl.NCCOc1ccc(F)cc1C(=O)N1C[C@H]2C[C@@H](Oc3ccc(F)cc3)[C@H](O)C[C@H]2C1. The fraction of sp³-hybridized carbons (Fsp3) is 0.435. The van der Waals surface area contributed by atoms with Gasteiger partial charge < -0.3 is 25.2 Å². The van der Waals surface area contributed by atoms with E-state index in [4.69, 9.17) is 15.2 Å². The van der Waals surface area contributed by atoms with Crippen molar-refractivity contribution in [1.29, 1.82) is 0 Å². The standard InChI is InChI=1S/C23H26F2N2O4.ClH/c24-16-1-4-18(5-2-16)31-22-10-15-13-27(12-14(15)9-20(22)28)23(29)19-11-17(25)3-6-21(19)30-8-7-26;/h1-6,11,14-15,20,22,28H,7-10,12-13,26H2;1H/t14-,15+,20+,22+;/m0./s1. The molecule has 0 aromatic heterocycles. The number of ether oxygens (including phenoxy) is 2. The quantitative estimate of drug-likeness (QED) is 0.680. The Morgan fingerprint density at radius 3 is 2.41 bits per heavy atom. The number of aliphatic hydroxyl groups excluding tert-OH is 1. The number of rotatable bonds is 6. The summed E-state index contributed by atoms with van der Waals surface area (Å²) in [6.45, 7) is 1.49. The molecule has 1 amide bonds. The van der Waals surface area contributed by atoms with Gasteiger partial charge in [-0.3, -0.25) is 4.79 Å². The highest BCUT2D eigenvalue weighted by Crippen LogP contribution is 2.39. The van der Waals surface area contributed by atoms with Crippen LogP contribution in [0.2, 0.25) is 0 Å². The zero-order chi connectivity index (χ0) is 22.0. The van der Waals surface area contributed by atoms with E-state index < -0.39 is 18.0 Å². The Morgan fingerprint density at radius 2 is 1.72 bits per heavy atom. The van der Waals surface area contributed by atoms with Gasteiger partial charge in [-0.25, -0.2) is 8.78 Å². The van der Waals surface area contributed by atoms with E-state index in [0.717, 1.165) is 0 Å². The molecule has 9 heteroatoms. The van der Waals surface area contributed by atoms with Gasteiger partial charge in [0.25, 0.3) is 5.91 Å². The van der Waals surface area contributed by atoms with Gasteiger partial charge in [0.2, 0.25) is 0 Å². The lowest BCUT2D eigenvalue weighted by Crippen LogP contribution is -2.42. The van der Waals surface area contributed by atoms with Crippen LogP contribution >= 0.6 is 12.4 Å². The molecule has 1 aliphatic carbocycles. The minimum Gasteiger partial charge on any atom is -0.491 e. The topological polar surface area (TPSA) is 85.0 Å². The van der Waals surface area contributed by atoms with Crippen LogP contribution in [0.3, 0.4) is 0 Å². The summed E-state index contributed by atoms with van der Waals surface area (Å²) in [5.74, 6) is -0.0716. The number of aliphatic hydroxyl groups is 1. The normalized spacial score (nSPS) is 24.4. The lowest BCUT2D eigenvalue weighted by Gasteiger charge is -2.35. The first-order chi connectivity index (χ1) is 14.9. The molecule has 0 spiro atoms. The van der Waals surface area contributed by atoms with Gasteiger partial charge in [-0.15, -0.1) is 12.4 Å². The number of fused-ring (bicyclic) bond motifs is 1. The van der Waals surface area contributed by atoms with Crippen molar-refractivity contribution in [2.45, 2.75) is 25.0 Å². The molecular weight excluding hydrogens is 442 g/mol. The summed E-state index contributed by atoms with van der Waals surface area (Å²) in [4.78, 5) is 14.8. The van der Waals surface area contributed by atoms with Gasteiger partial charge in [0, 0.05) is 19.6 Å². The van der Waals surface area contributed by atoms with Crippen LogP contribution in [-0.2, 0) is 0 Å². The fourth-order valence-corrected chi connectivity index (χ4v) is 4.51. The highest BCUT2D eigenvalue weighted by atomic mass is 35.5. The molecule has 6 nitrogen and oxygen atoms in total. The van der Waals surface area contributed by atoms with E-state index in [1.807, 2.05) is 0 Å². The molecule has 1 saturated carbocycles. The molecule has 174 valence electrons. The second-order valence-corrected chi connectivity index (χ2v) is 8.16. The molecule has 0 unspecified atom stereocenters. The Hall–Kier alpha value is -2.42. The number of benzene rings is 2. The molecule has 4 atom stereocenters. The van der Waals surface area contributed by atoms with Crippen molar-refractivity contribution < 1.29 is 28.2 Å². The maximum absolute atomic E-state index is 13.8. The van der Waals surface area contributed by atoms with Crippen molar-refractivity contribution in [1.82, 2.24) is 4.90 Å². The Morgan fingerprint density at radius 1 is 1.06 bits per heavy atom. The molecule has 1 aliphatic heterocycles. The Bertz CT molecular complexity index is 931. The zero-order valence-corrected chi connectivity index (χ0v) is 18.3. The lowest BCUT2D eigenvalue weighted by molar-refractivity contribution is -0.0231. The van der Waals surface area contributed by atoms with Crippen LogP contribution in [0.1, 0.15) is 23.2 Å². The van der Waals surface area contributed by atoms with Gasteiger partial charge in [-0.05, 0) is 67.1 Å². The number of likely N-dealkylation sites (tertiary alicyclic amines) is 1. The summed E-state index contributed by atoms with van der Waals surface area (Å²) < 4.78 is 38.4.